The number of carbonyl (C=O) groups excluding carboxylic acids is 1. The van der Waals surface area contributed by atoms with E-state index in [1.165, 1.54) is 25.4 Å². The van der Waals surface area contributed by atoms with Crippen molar-refractivity contribution in [3.05, 3.63) is 44.0 Å². The Bertz CT molecular complexity index is 712. The fraction of sp³-hybridized carbons (Fsp3) is 0.100. The molecule has 0 spiro atoms. The molecule has 2 aromatic rings. The second-order valence-corrected chi connectivity index (χ2v) is 4.42. The van der Waals surface area contributed by atoms with Crippen molar-refractivity contribution in [3.8, 4) is 5.69 Å². The maximum absolute atomic E-state index is 11.6. The van der Waals surface area contributed by atoms with Gasteiger partial charge in [0.15, 0.2) is 0 Å². The lowest BCUT2D eigenvalue weighted by atomic mass is 10.3. The van der Waals surface area contributed by atoms with E-state index in [4.69, 9.17) is 5.73 Å². The predicted molar refractivity (Wildman–Crippen MR) is 66.3 cm³/mol. The summed E-state index contributed by atoms with van der Waals surface area (Å²) < 4.78 is 5.73. The number of carbonyl (C=O) groups is 1. The first-order valence-electron chi connectivity index (χ1n) is 4.83. The highest BCUT2D eigenvalue weighted by molar-refractivity contribution is 7.18. The molecule has 0 radical (unpaired) electrons. The summed E-state index contributed by atoms with van der Waals surface area (Å²) in [6.45, 7) is 0. The Balaban J connectivity index is 2.67. The summed E-state index contributed by atoms with van der Waals surface area (Å²) in [6.07, 6.45) is 1.27. The first-order chi connectivity index (χ1) is 8.52. The van der Waals surface area contributed by atoms with E-state index in [9.17, 15) is 14.4 Å². The van der Waals surface area contributed by atoms with Gasteiger partial charge in [0.25, 0.3) is 5.56 Å². The number of methoxy groups -OCH3 is 1. The lowest BCUT2D eigenvalue weighted by Crippen LogP contribution is -2.28. The largest absolute Gasteiger partial charge is 0.465 e. The minimum atomic E-state index is -0.648. The molecule has 94 valence electrons. The van der Waals surface area contributed by atoms with Crippen LogP contribution in [0.15, 0.2) is 27.9 Å². The van der Waals surface area contributed by atoms with Gasteiger partial charge in [-0.05, 0) is 6.07 Å². The van der Waals surface area contributed by atoms with Crippen molar-refractivity contribution in [2.45, 2.75) is 0 Å². The minimum absolute atomic E-state index is 0.198. The number of hydrogen-bond donors (Lipinski definition) is 2. The Morgan fingerprint density at radius 2 is 2.22 bits per heavy atom. The molecule has 0 unspecified atom stereocenters. The molecule has 0 amide bonds. The second-order valence-electron chi connectivity index (χ2n) is 3.33. The van der Waals surface area contributed by atoms with Crippen LogP contribution in [0.3, 0.4) is 0 Å². The lowest BCUT2D eigenvalue weighted by Gasteiger charge is -2.04. The highest BCUT2D eigenvalue weighted by Crippen LogP contribution is 2.27. The summed E-state index contributed by atoms with van der Waals surface area (Å²) in [5, 5.41) is 0.364. The fourth-order valence-electron chi connectivity index (χ4n) is 1.42. The number of esters is 1. The number of aromatic nitrogens is 2. The molecule has 2 rings (SSSR count). The van der Waals surface area contributed by atoms with Gasteiger partial charge in [-0.1, -0.05) is 0 Å². The topological polar surface area (TPSA) is 107 Å². The van der Waals surface area contributed by atoms with Gasteiger partial charge in [0.05, 0.1) is 17.8 Å². The number of nitrogens with zero attached hydrogens (tertiary/aromatic N) is 1. The van der Waals surface area contributed by atoms with E-state index in [-0.39, 0.29) is 10.6 Å². The first-order valence-corrected chi connectivity index (χ1v) is 5.64. The van der Waals surface area contributed by atoms with Crippen LogP contribution in [-0.4, -0.2) is 22.6 Å². The molecule has 2 heterocycles. The molecule has 8 heteroatoms. The molecule has 0 aliphatic heterocycles. The number of nitrogen functional groups attached to an aromatic ring is 1. The van der Waals surface area contributed by atoms with Crippen LogP contribution in [-0.2, 0) is 4.74 Å². The van der Waals surface area contributed by atoms with E-state index in [0.29, 0.717) is 5.00 Å². The van der Waals surface area contributed by atoms with Crippen LogP contribution in [0.4, 0.5) is 5.00 Å². The molecule has 0 saturated heterocycles. The fourth-order valence-corrected chi connectivity index (χ4v) is 2.26. The maximum atomic E-state index is 11.6. The summed E-state index contributed by atoms with van der Waals surface area (Å²) in [5.41, 5.74) is 4.73. The van der Waals surface area contributed by atoms with Crippen LogP contribution in [0.5, 0.6) is 0 Å². The molecule has 0 aliphatic carbocycles. The van der Waals surface area contributed by atoms with Gasteiger partial charge in [0.1, 0.15) is 4.88 Å². The molecule has 0 aliphatic rings. The van der Waals surface area contributed by atoms with Crippen LogP contribution >= 0.6 is 11.3 Å². The third kappa shape index (κ3) is 2.05. The van der Waals surface area contributed by atoms with Crippen LogP contribution in [0.2, 0.25) is 0 Å². The summed E-state index contributed by atoms with van der Waals surface area (Å²) in [7, 11) is 1.23. The first kappa shape index (κ1) is 12.1. The molecular formula is C10H9N3O4S. The zero-order chi connectivity index (χ0) is 13.3. The van der Waals surface area contributed by atoms with Gasteiger partial charge in [-0.2, -0.15) is 0 Å². The Hall–Kier alpha value is -2.35. The smallest absolute Gasteiger partial charge is 0.350 e. The van der Waals surface area contributed by atoms with Crippen LogP contribution in [0.1, 0.15) is 9.67 Å². The van der Waals surface area contributed by atoms with Gasteiger partial charge < -0.3 is 10.5 Å². The number of nitrogens with two attached hydrogens (primary N) is 1. The van der Waals surface area contributed by atoms with Gasteiger partial charge in [-0.15, -0.1) is 11.3 Å². The van der Waals surface area contributed by atoms with Crippen molar-refractivity contribution in [1.29, 1.82) is 0 Å². The van der Waals surface area contributed by atoms with Gasteiger partial charge in [0.2, 0.25) is 0 Å². The van der Waals surface area contributed by atoms with Gasteiger partial charge >= 0.3 is 11.7 Å². The van der Waals surface area contributed by atoms with Crippen LogP contribution < -0.4 is 17.0 Å². The molecule has 3 N–H and O–H groups in total. The van der Waals surface area contributed by atoms with Crippen molar-refractivity contribution in [3.63, 3.8) is 0 Å². The standard InChI is InChI=1S/C10H9N3O4S/c1-17-9(15)8-5(4-6(11)18-8)13-3-2-7(14)12-10(13)16/h2-4H,11H2,1H3,(H,12,14,16). The predicted octanol–water partition coefficient (Wildman–Crippen LogP) is -0.0439. The van der Waals surface area contributed by atoms with Gasteiger partial charge in [0, 0.05) is 12.3 Å². The molecule has 2 aromatic heterocycles. The molecule has 0 fully saturated rings. The average molecular weight is 267 g/mol. The Morgan fingerprint density at radius 3 is 2.83 bits per heavy atom. The van der Waals surface area contributed by atoms with Crippen molar-refractivity contribution in [1.82, 2.24) is 9.55 Å². The van der Waals surface area contributed by atoms with Crippen LogP contribution in [0, 0.1) is 0 Å². The van der Waals surface area contributed by atoms with Crippen molar-refractivity contribution < 1.29 is 9.53 Å². The summed E-state index contributed by atoms with van der Waals surface area (Å²) in [4.78, 5) is 36.4. The number of aromatic amines is 1. The Morgan fingerprint density at radius 1 is 1.50 bits per heavy atom. The molecule has 0 atom stereocenters. The zero-order valence-electron chi connectivity index (χ0n) is 9.30. The Labute approximate surface area is 104 Å². The third-order valence-corrected chi connectivity index (χ3v) is 3.12. The average Bonchev–Trinajstić information content (AvgIpc) is 2.70. The molecule has 0 bridgehead atoms. The van der Waals surface area contributed by atoms with E-state index >= 15 is 0 Å². The molecule has 0 aromatic carbocycles. The van der Waals surface area contributed by atoms with E-state index in [1.54, 1.807) is 0 Å². The number of anilines is 1. The maximum Gasteiger partial charge on any atom is 0.350 e. The molecule has 7 nitrogen and oxygen atoms in total. The molecule has 0 saturated carbocycles. The second kappa shape index (κ2) is 4.49. The summed E-state index contributed by atoms with van der Waals surface area (Å²) in [6, 6.07) is 2.65. The van der Waals surface area contributed by atoms with Gasteiger partial charge in [-0.3, -0.25) is 14.3 Å². The summed E-state index contributed by atoms with van der Waals surface area (Å²) in [5.74, 6) is -0.593. The van der Waals surface area contributed by atoms with Crippen molar-refractivity contribution >= 4 is 22.3 Å². The van der Waals surface area contributed by atoms with Crippen molar-refractivity contribution in [2.24, 2.45) is 0 Å². The van der Waals surface area contributed by atoms with E-state index in [2.05, 4.69) is 9.72 Å². The molecular weight excluding hydrogens is 258 g/mol. The minimum Gasteiger partial charge on any atom is -0.465 e. The number of rotatable bonds is 2. The van der Waals surface area contributed by atoms with E-state index in [0.717, 1.165) is 15.9 Å². The highest BCUT2D eigenvalue weighted by atomic mass is 32.1. The van der Waals surface area contributed by atoms with E-state index in [1.807, 2.05) is 0 Å². The number of thiophene rings is 1. The zero-order valence-corrected chi connectivity index (χ0v) is 10.1. The van der Waals surface area contributed by atoms with E-state index < -0.39 is 17.2 Å². The van der Waals surface area contributed by atoms with Crippen LogP contribution in [0.25, 0.3) is 5.69 Å². The van der Waals surface area contributed by atoms with Crippen molar-refractivity contribution in [2.75, 3.05) is 12.8 Å². The number of ether oxygens (including phenoxy) is 1. The normalized spacial score (nSPS) is 10.3. The highest BCUT2D eigenvalue weighted by Gasteiger charge is 2.18. The monoisotopic (exact) mass is 267 g/mol. The Kier molecular flexibility index (Phi) is 3.02. The van der Waals surface area contributed by atoms with Gasteiger partial charge in [-0.25, -0.2) is 9.59 Å². The molecule has 18 heavy (non-hydrogen) atoms. The lowest BCUT2D eigenvalue weighted by molar-refractivity contribution is 0.0606. The SMILES string of the molecule is COC(=O)c1sc(N)cc1-n1ccc(=O)[nH]c1=O. The third-order valence-electron chi connectivity index (χ3n) is 2.19. The number of H-pyrrole nitrogens is 1. The summed E-state index contributed by atoms with van der Waals surface area (Å²) >= 11 is 1.01. The number of nitrogens with one attached hydrogen (secondary N) is 1. The number of hydrogen-bond acceptors (Lipinski definition) is 6. The quantitative estimate of drug-likeness (QED) is 0.742.